The number of para-hydroxylation sites is 2. The number of amides is 2. The predicted molar refractivity (Wildman–Crippen MR) is 119 cm³/mol. The molecule has 2 amide bonds. The van der Waals surface area contributed by atoms with E-state index in [4.69, 9.17) is 9.47 Å². The minimum absolute atomic E-state index is 0.0106. The molecule has 1 aliphatic carbocycles. The van der Waals surface area contributed by atoms with Gasteiger partial charge in [-0.25, -0.2) is 0 Å². The van der Waals surface area contributed by atoms with E-state index >= 15 is 0 Å². The number of hydrogen-bond acceptors (Lipinski definition) is 5. The maximum Gasteiger partial charge on any atom is 0.229 e. The average Bonchev–Trinajstić information content (AvgIpc) is 3.19. The van der Waals surface area contributed by atoms with Gasteiger partial charge in [-0.3, -0.25) is 19.4 Å². The monoisotopic (exact) mass is 428 g/mol. The normalized spacial score (nSPS) is 22.5. The first kappa shape index (κ1) is 22.1. The summed E-state index contributed by atoms with van der Waals surface area (Å²) in [6, 6.07) is 7.81. The van der Waals surface area contributed by atoms with Gasteiger partial charge in [-0.05, 0) is 62.7 Å². The second kappa shape index (κ2) is 10.0. The Morgan fingerprint density at radius 1 is 1.03 bits per heavy atom. The van der Waals surface area contributed by atoms with Crippen LogP contribution >= 0.6 is 0 Å². The van der Waals surface area contributed by atoms with Crippen LogP contribution in [0.4, 0.5) is 0 Å². The highest BCUT2D eigenvalue weighted by molar-refractivity contribution is 5.98. The molecule has 0 N–H and O–H groups in total. The molecule has 1 saturated carbocycles. The van der Waals surface area contributed by atoms with Crippen LogP contribution in [0.5, 0.6) is 11.5 Å². The summed E-state index contributed by atoms with van der Waals surface area (Å²) < 4.78 is 12.0. The fraction of sp³-hybridized carbons (Fsp3) is 0.680. The Hall–Kier alpha value is -2.08. The van der Waals surface area contributed by atoms with E-state index in [9.17, 15) is 9.59 Å². The highest BCUT2D eigenvalue weighted by atomic mass is 16.6. The quantitative estimate of drug-likeness (QED) is 0.439. The van der Waals surface area contributed by atoms with Crippen molar-refractivity contribution in [2.75, 3.05) is 32.8 Å². The Morgan fingerprint density at radius 3 is 2.45 bits per heavy atom. The van der Waals surface area contributed by atoms with Gasteiger partial charge in [0.25, 0.3) is 0 Å². The Kier molecular flexibility index (Phi) is 7.16. The van der Waals surface area contributed by atoms with Crippen molar-refractivity contribution in [2.24, 2.45) is 5.41 Å². The molecule has 1 spiro atoms. The van der Waals surface area contributed by atoms with E-state index in [1.807, 2.05) is 24.3 Å². The topological polar surface area (TPSA) is 59.1 Å². The van der Waals surface area contributed by atoms with Crippen LogP contribution in [0.15, 0.2) is 24.3 Å². The van der Waals surface area contributed by atoms with Crippen LogP contribution in [0.1, 0.15) is 64.7 Å². The third-order valence-corrected chi connectivity index (χ3v) is 6.99. The highest BCUT2D eigenvalue weighted by Gasteiger charge is 2.44. The van der Waals surface area contributed by atoms with Gasteiger partial charge in [-0.15, -0.1) is 0 Å². The first-order chi connectivity index (χ1) is 15.1. The van der Waals surface area contributed by atoms with Crippen LogP contribution in [-0.4, -0.2) is 60.5 Å². The molecule has 0 aromatic heterocycles. The Labute approximate surface area is 185 Å². The summed E-state index contributed by atoms with van der Waals surface area (Å²) in [5.74, 6) is 1.73. The summed E-state index contributed by atoms with van der Waals surface area (Å²) in [6.45, 7) is 6.08. The number of fused-ring (bicyclic) bond motifs is 1. The molecular formula is C25H36N2O4. The molecule has 1 saturated heterocycles. The zero-order valence-corrected chi connectivity index (χ0v) is 18.8. The van der Waals surface area contributed by atoms with Crippen LogP contribution in [0.3, 0.4) is 0 Å². The standard InChI is InChI=1S/C25H36N2O4/c1-2-13-26(18-20-19-30-21-9-3-4-10-22(21)31-20)14-7-8-15-27-23(28)16-25(17-24(27)29)11-5-6-12-25/h3-4,9-10,20H,2,5-8,11-19H2,1H3. The molecule has 1 aromatic carbocycles. The minimum atomic E-state index is -0.0106. The zero-order valence-electron chi connectivity index (χ0n) is 18.8. The van der Waals surface area contributed by atoms with Gasteiger partial charge < -0.3 is 9.47 Å². The van der Waals surface area contributed by atoms with Gasteiger partial charge in [-0.1, -0.05) is 31.9 Å². The van der Waals surface area contributed by atoms with Gasteiger partial charge in [0, 0.05) is 25.9 Å². The van der Waals surface area contributed by atoms with Gasteiger partial charge in [0.15, 0.2) is 11.5 Å². The molecule has 6 heteroatoms. The maximum atomic E-state index is 12.6. The first-order valence-electron chi connectivity index (χ1n) is 12.0. The number of carbonyl (C=O) groups is 2. The van der Waals surface area contributed by atoms with Crippen LogP contribution in [0.25, 0.3) is 0 Å². The van der Waals surface area contributed by atoms with Crippen LogP contribution < -0.4 is 9.47 Å². The third-order valence-electron chi connectivity index (χ3n) is 6.99. The number of imide groups is 1. The number of likely N-dealkylation sites (tertiary alicyclic amines) is 1. The molecule has 4 rings (SSSR count). The largest absolute Gasteiger partial charge is 0.486 e. The fourth-order valence-electron chi connectivity index (χ4n) is 5.42. The smallest absolute Gasteiger partial charge is 0.229 e. The molecule has 6 nitrogen and oxygen atoms in total. The van der Waals surface area contributed by atoms with Crippen molar-refractivity contribution in [2.45, 2.75) is 70.8 Å². The van der Waals surface area contributed by atoms with Gasteiger partial charge in [0.2, 0.25) is 11.8 Å². The van der Waals surface area contributed by atoms with Gasteiger partial charge in [0.1, 0.15) is 12.7 Å². The van der Waals surface area contributed by atoms with Crippen LogP contribution in [-0.2, 0) is 9.59 Å². The third kappa shape index (κ3) is 5.40. The number of rotatable bonds is 9. The summed E-state index contributed by atoms with van der Waals surface area (Å²) >= 11 is 0. The Balaban J connectivity index is 1.21. The Bertz CT molecular complexity index is 755. The van der Waals surface area contributed by atoms with E-state index in [0.717, 1.165) is 76.1 Å². The molecule has 1 unspecified atom stereocenters. The molecular weight excluding hydrogens is 392 g/mol. The van der Waals surface area contributed by atoms with E-state index in [-0.39, 0.29) is 23.3 Å². The minimum Gasteiger partial charge on any atom is -0.486 e. The lowest BCUT2D eigenvalue weighted by atomic mass is 9.76. The van der Waals surface area contributed by atoms with Crippen molar-refractivity contribution in [1.82, 2.24) is 9.80 Å². The number of hydrogen-bond donors (Lipinski definition) is 0. The molecule has 0 bridgehead atoms. The molecule has 31 heavy (non-hydrogen) atoms. The SMILES string of the molecule is CCCN(CCCCN1C(=O)CC2(CCCC2)CC1=O)CC1COc2ccccc2O1. The lowest BCUT2D eigenvalue weighted by molar-refractivity contribution is -0.153. The Morgan fingerprint density at radius 2 is 1.74 bits per heavy atom. The van der Waals surface area contributed by atoms with E-state index in [1.165, 1.54) is 4.90 Å². The van der Waals surface area contributed by atoms with Gasteiger partial charge in [-0.2, -0.15) is 0 Å². The van der Waals surface area contributed by atoms with Crippen molar-refractivity contribution in [3.8, 4) is 11.5 Å². The van der Waals surface area contributed by atoms with Gasteiger partial charge in [0.05, 0.1) is 0 Å². The summed E-state index contributed by atoms with van der Waals surface area (Å²) in [6.07, 6.45) is 8.47. The number of carbonyl (C=O) groups excluding carboxylic acids is 2. The van der Waals surface area contributed by atoms with Crippen molar-refractivity contribution in [1.29, 1.82) is 0 Å². The summed E-state index contributed by atoms with van der Waals surface area (Å²) in [4.78, 5) is 29.2. The van der Waals surface area contributed by atoms with E-state index < -0.39 is 0 Å². The zero-order chi connectivity index (χ0) is 21.7. The number of piperidine rings is 1. The fourth-order valence-corrected chi connectivity index (χ4v) is 5.42. The van der Waals surface area contributed by atoms with E-state index in [1.54, 1.807) is 0 Å². The summed E-state index contributed by atoms with van der Waals surface area (Å²) in [5.41, 5.74) is -0.0106. The number of nitrogens with zero attached hydrogens (tertiary/aromatic N) is 2. The first-order valence-corrected chi connectivity index (χ1v) is 12.0. The molecule has 0 radical (unpaired) electrons. The van der Waals surface area contributed by atoms with Crippen LogP contribution in [0.2, 0.25) is 0 Å². The summed E-state index contributed by atoms with van der Waals surface area (Å²) in [7, 11) is 0. The van der Waals surface area contributed by atoms with E-state index in [2.05, 4.69) is 11.8 Å². The second-order valence-corrected chi connectivity index (χ2v) is 9.51. The summed E-state index contributed by atoms with van der Waals surface area (Å²) in [5, 5.41) is 0. The molecule has 170 valence electrons. The maximum absolute atomic E-state index is 12.6. The average molecular weight is 429 g/mol. The molecule has 2 fully saturated rings. The lowest BCUT2D eigenvalue weighted by Crippen LogP contribution is -2.47. The van der Waals surface area contributed by atoms with Crippen molar-refractivity contribution in [3.63, 3.8) is 0 Å². The van der Waals surface area contributed by atoms with Gasteiger partial charge >= 0.3 is 0 Å². The number of benzene rings is 1. The van der Waals surface area contributed by atoms with E-state index in [0.29, 0.717) is 26.0 Å². The number of ether oxygens (including phenoxy) is 2. The molecule has 3 aliphatic rings. The van der Waals surface area contributed by atoms with Crippen molar-refractivity contribution in [3.05, 3.63) is 24.3 Å². The molecule has 2 heterocycles. The highest BCUT2D eigenvalue weighted by Crippen LogP contribution is 2.46. The second-order valence-electron chi connectivity index (χ2n) is 9.51. The molecule has 1 atom stereocenters. The predicted octanol–water partition coefficient (Wildman–Crippen LogP) is 4.03. The lowest BCUT2D eigenvalue weighted by Gasteiger charge is -2.37. The molecule has 1 aromatic rings. The van der Waals surface area contributed by atoms with Crippen molar-refractivity contribution >= 4 is 11.8 Å². The van der Waals surface area contributed by atoms with Crippen molar-refractivity contribution < 1.29 is 19.1 Å². The molecule has 2 aliphatic heterocycles. The number of unbranched alkanes of at least 4 members (excludes halogenated alkanes) is 1. The van der Waals surface area contributed by atoms with Crippen LogP contribution in [0, 0.1) is 5.41 Å².